The Labute approximate surface area is 398 Å². The van der Waals surface area contributed by atoms with Crippen molar-refractivity contribution in [2.75, 3.05) is 25.2 Å². The second kappa shape index (κ2) is 18.9. The lowest BCUT2D eigenvalue weighted by molar-refractivity contribution is -0.181. The van der Waals surface area contributed by atoms with Crippen LogP contribution in [0.3, 0.4) is 0 Å². The minimum absolute atomic E-state index is 0.0208. The number of hydrogen-bond acceptors (Lipinski definition) is 9. The van der Waals surface area contributed by atoms with Crippen LogP contribution < -0.4 is 10.4 Å². The van der Waals surface area contributed by atoms with Gasteiger partial charge in [0.15, 0.2) is 6.10 Å². The molecule has 1 unspecified atom stereocenters. The Balaban J connectivity index is 1.27. The van der Waals surface area contributed by atoms with Gasteiger partial charge in [-0.3, -0.25) is 4.79 Å². The molecule has 0 amide bonds. The number of fused-ring (bicyclic) bond motifs is 5. The summed E-state index contributed by atoms with van der Waals surface area (Å²) < 4.78 is 35.5. The number of esters is 2. The molecule has 66 heavy (non-hydrogen) atoms. The summed E-state index contributed by atoms with van der Waals surface area (Å²) in [6.07, 6.45) is 8.06. The monoisotopic (exact) mass is 932 g/mol. The molecule has 1 spiro atoms. The van der Waals surface area contributed by atoms with Crippen molar-refractivity contribution >= 4 is 54.4 Å². The van der Waals surface area contributed by atoms with Gasteiger partial charge in [0.25, 0.3) is 0 Å². The Morgan fingerprint density at radius 1 is 0.773 bits per heavy atom. The Morgan fingerprint density at radius 2 is 1.35 bits per heavy atom. The molecule has 3 fully saturated rings. The molecule has 7 nitrogen and oxygen atoms in total. The number of carbonyl (C=O) groups is 2. The van der Waals surface area contributed by atoms with Crippen molar-refractivity contribution in [3.05, 3.63) is 203 Å². The summed E-state index contributed by atoms with van der Waals surface area (Å²) in [6.45, 7) is 2.71. The molecule has 2 heterocycles. The molecule has 1 saturated carbocycles. The van der Waals surface area contributed by atoms with E-state index in [9.17, 15) is 4.79 Å². The summed E-state index contributed by atoms with van der Waals surface area (Å²) in [5.74, 6) is 1.44. The lowest BCUT2D eigenvalue weighted by Gasteiger charge is -2.57. The maximum absolute atomic E-state index is 16.2. The van der Waals surface area contributed by atoms with Crippen LogP contribution in [0, 0.1) is 22.7 Å². The highest BCUT2D eigenvalue weighted by Crippen LogP contribution is 2.66. The third kappa shape index (κ3) is 8.34. The Morgan fingerprint density at radius 3 is 1.95 bits per heavy atom. The molecular formula is C56H56O7S2Si. The van der Waals surface area contributed by atoms with Gasteiger partial charge in [-0.2, -0.15) is 0 Å². The van der Waals surface area contributed by atoms with Crippen LogP contribution in [0.4, 0.5) is 0 Å². The van der Waals surface area contributed by atoms with Crippen molar-refractivity contribution in [1.82, 2.24) is 0 Å². The third-order valence-electron chi connectivity index (χ3n) is 14.5. The summed E-state index contributed by atoms with van der Waals surface area (Å²) in [5, 5.41) is 1.88. The van der Waals surface area contributed by atoms with E-state index in [1.165, 1.54) is 24.3 Å². The largest absolute Gasteiger partial charge is 0.518 e. The molecule has 2 bridgehead atoms. The van der Waals surface area contributed by atoms with Crippen LogP contribution in [-0.4, -0.2) is 49.8 Å². The van der Waals surface area contributed by atoms with Gasteiger partial charge in [-0.1, -0.05) is 176 Å². The fourth-order valence-corrected chi connectivity index (χ4v) is 17.7. The van der Waals surface area contributed by atoms with Crippen LogP contribution in [-0.2, 0) is 39.3 Å². The normalized spacial score (nSPS) is 27.8. The standard InChI is InChI=1S/C56H56O7S2Si/c1-54-32-33-56(64-34-35-65-56)36-43(54)28-29-46-47(30-31-49(57)59-2)55(39-60-38-40-18-8-3-9-19-40)37-48(50(46)54)62-66(44-24-14-6-15-25-44,45-26-16-7-17-27-45)63-52(42-22-12-5-13-23-42)51(61-53(55)58)41-20-10-4-11-21-41/h3-27,30-31,36,46-47,51-52H,28-29,32-35,37-39H2,1-2H3/b31-30+/t46-,47-,51-,52?,54-,55+/m0/s1. The molecular weight excluding hydrogens is 877 g/mol. The summed E-state index contributed by atoms with van der Waals surface area (Å²) in [5.41, 5.74) is 3.53. The molecule has 0 radical (unpaired) electrons. The number of methoxy groups -OCH3 is 1. The number of allylic oxidation sites excluding steroid dienone is 4. The molecule has 5 aromatic rings. The number of thioether (sulfide) groups is 2. The fraction of sp³-hybridized carbons (Fsp3) is 0.321. The number of carbonyl (C=O) groups excluding carboxylic acids is 2. The van der Waals surface area contributed by atoms with E-state index in [1.54, 1.807) is 0 Å². The lowest BCUT2D eigenvalue weighted by atomic mass is 9.50. The Hall–Kier alpha value is -5.10. The quantitative estimate of drug-likeness (QED) is 0.0589. The van der Waals surface area contributed by atoms with Gasteiger partial charge in [0.1, 0.15) is 11.5 Å². The topological polar surface area (TPSA) is 80.3 Å². The number of rotatable bonds is 10. The van der Waals surface area contributed by atoms with Crippen LogP contribution in [0.25, 0.3) is 0 Å². The fourth-order valence-electron chi connectivity index (χ4n) is 11.3. The average Bonchev–Trinajstić information content (AvgIpc) is 3.83. The molecule has 6 atom stereocenters. The van der Waals surface area contributed by atoms with Gasteiger partial charge in [-0.15, -0.1) is 23.5 Å². The SMILES string of the molecule is COC(=O)/C=C/[C@H]1[C@@H]2CCC3=CC4(CC[C@]3(C)C2=C2C[C@]1(COCc1ccccc1)C(=O)O[C@@H](c1ccccc1)C(c1ccccc1)O[Si](c1ccccc1)(c1ccccc1)O2)SCCS4. The van der Waals surface area contributed by atoms with Gasteiger partial charge >= 0.3 is 20.5 Å². The van der Waals surface area contributed by atoms with Crippen molar-refractivity contribution in [3.8, 4) is 0 Å². The van der Waals surface area contributed by atoms with Crippen molar-refractivity contribution in [3.63, 3.8) is 0 Å². The van der Waals surface area contributed by atoms with Crippen molar-refractivity contribution in [2.24, 2.45) is 22.7 Å². The first-order chi connectivity index (χ1) is 32.3. The van der Waals surface area contributed by atoms with Crippen molar-refractivity contribution < 1.29 is 32.7 Å². The molecule has 10 rings (SSSR count). The number of ether oxygens (including phenoxy) is 3. The lowest BCUT2D eigenvalue weighted by Crippen LogP contribution is -2.65. The van der Waals surface area contributed by atoms with Gasteiger partial charge in [-0.25, -0.2) is 4.79 Å². The highest BCUT2D eigenvalue weighted by atomic mass is 32.2. The van der Waals surface area contributed by atoms with Gasteiger partial charge in [0, 0.05) is 45.7 Å². The highest BCUT2D eigenvalue weighted by Gasteiger charge is 2.63. The maximum atomic E-state index is 16.2. The van der Waals surface area contributed by atoms with Gasteiger partial charge in [0.2, 0.25) is 0 Å². The molecule has 3 aliphatic carbocycles. The summed E-state index contributed by atoms with van der Waals surface area (Å²) >= 11 is 4.15. The molecule has 5 aromatic carbocycles. The summed E-state index contributed by atoms with van der Waals surface area (Å²) in [7, 11) is -2.49. The van der Waals surface area contributed by atoms with E-state index in [0.29, 0.717) is 0 Å². The minimum atomic E-state index is -3.88. The van der Waals surface area contributed by atoms with Gasteiger partial charge in [0.05, 0.1) is 30.2 Å². The van der Waals surface area contributed by atoms with Gasteiger partial charge in [-0.05, 0) is 53.9 Å². The molecule has 2 aliphatic heterocycles. The van der Waals surface area contributed by atoms with E-state index < -0.39 is 44.0 Å². The van der Waals surface area contributed by atoms with Crippen LogP contribution in [0.15, 0.2) is 187 Å². The molecule has 2 saturated heterocycles. The number of hydrogen-bond donors (Lipinski definition) is 0. The zero-order chi connectivity index (χ0) is 45.2. The van der Waals surface area contributed by atoms with Crippen molar-refractivity contribution in [1.29, 1.82) is 0 Å². The van der Waals surface area contributed by atoms with Crippen LogP contribution >= 0.6 is 23.5 Å². The molecule has 338 valence electrons. The first kappa shape index (κ1) is 44.7. The molecule has 10 heteroatoms. The average molecular weight is 933 g/mol. The van der Waals surface area contributed by atoms with Crippen LogP contribution in [0.1, 0.15) is 67.9 Å². The first-order valence-electron chi connectivity index (χ1n) is 23.2. The third-order valence-corrected chi connectivity index (χ3v) is 21.3. The Kier molecular flexibility index (Phi) is 12.8. The van der Waals surface area contributed by atoms with E-state index in [0.717, 1.165) is 70.0 Å². The zero-order valence-corrected chi connectivity index (χ0v) is 40.1. The first-order valence-corrected chi connectivity index (χ1v) is 26.9. The molecule has 5 aliphatic rings. The summed E-state index contributed by atoms with van der Waals surface area (Å²) in [6, 6.07) is 50.9. The van der Waals surface area contributed by atoms with Gasteiger partial charge < -0.3 is 23.1 Å². The van der Waals surface area contributed by atoms with E-state index in [-0.39, 0.29) is 35.0 Å². The smallest absolute Gasteiger partial charge is 0.469 e. The summed E-state index contributed by atoms with van der Waals surface area (Å²) in [4.78, 5) is 29.5. The van der Waals surface area contributed by atoms with E-state index in [2.05, 4.69) is 85.1 Å². The number of cyclic esters (lactones) is 1. The number of benzene rings is 5. The zero-order valence-electron chi connectivity index (χ0n) is 37.5. The second-order valence-electron chi connectivity index (χ2n) is 18.3. The Bertz CT molecular complexity index is 2560. The second-order valence-corrected chi connectivity index (χ2v) is 24.3. The minimum Gasteiger partial charge on any atom is -0.518 e. The predicted molar refractivity (Wildman–Crippen MR) is 265 cm³/mol. The van der Waals surface area contributed by atoms with E-state index in [1.807, 2.05) is 109 Å². The highest BCUT2D eigenvalue weighted by molar-refractivity contribution is 8.21. The van der Waals surface area contributed by atoms with E-state index >= 15 is 4.79 Å². The van der Waals surface area contributed by atoms with Crippen molar-refractivity contribution in [2.45, 2.75) is 61.9 Å². The van der Waals surface area contributed by atoms with E-state index in [4.69, 9.17) is 23.1 Å². The van der Waals surface area contributed by atoms with Crippen LogP contribution in [0.2, 0.25) is 0 Å². The van der Waals surface area contributed by atoms with Crippen LogP contribution in [0.5, 0.6) is 0 Å². The predicted octanol–water partition coefficient (Wildman–Crippen LogP) is 10.8. The molecule has 0 aromatic heterocycles. The maximum Gasteiger partial charge on any atom is 0.469 e. The molecule has 0 N–H and O–H groups in total.